The predicted octanol–water partition coefficient (Wildman–Crippen LogP) is 2.68. The molecular formula is C15H22N4O2. The molecule has 0 aromatic carbocycles. The molecule has 1 unspecified atom stereocenters. The topological polar surface area (TPSA) is 80.0 Å². The lowest BCUT2D eigenvalue weighted by Crippen LogP contribution is -2.18. The van der Waals surface area contributed by atoms with Gasteiger partial charge in [-0.05, 0) is 18.8 Å². The monoisotopic (exact) mass is 290 g/mol. The number of carboxylic acids is 1. The van der Waals surface area contributed by atoms with Gasteiger partial charge in [0.1, 0.15) is 5.56 Å². The molecule has 0 bridgehead atoms. The molecular weight excluding hydrogens is 268 g/mol. The number of aromatic nitrogens is 3. The highest BCUT2D eigenvalue weighted by Crippen LogP contribution is 2.29. The number of nitrogens with one attached hydrogen (secondary N) is 1. The van der Waals surface area contributed by atoms with Crippen molar-refractivity contribution in [1.29, 1.82) is 0 Å². The van der Waals surface area contributed by atoms with Crippen LogP contribution in [0.25, 0.3) is 11.0 Å². The average molecular weight is 290 g/mol. The van der Waals surface area contributed by atoms with E-state index in [1.165, 1.54) is 6.20 Å². The number of hydrogen-bond acceptors (Lipinski definition) is 4. The molecule has 1 atom stereocenters. The molecule has 0 fully saturated rings. The van der Waals surface area contributed by atoms with Gasteiger partial charge in [0.15, 0.2) is 5.65 Å². The van der Waals surface area contributed by atoms with Crippen LogP contribution in [0.3, 0.4) is 0 Å². The number of hydrogen-bond donors (Lipinski definition) is 2. The molecule has 6 nitrogen and oxygen atoms in total. The number of fused-ring (bicyclic) bond motifs is 1. The van der Waals surface area contributed by atoms with E-state index in [0.29, 0.717) is 29.7 Å². The van der Waals surface area contributed by atoms with Crippen molar-refractivity contribution in [2.45, 2.75) is 27.7 Å². The van der Waals surface area contributed by atoms with Gasteiger partial charge in [0.2, 0.25) is 0 Å². The normalized spacial score (nSPS) is 12.9. The third kappa shape index (κ3) is 2.84. The van der Waals surface area contributed by atoms with E-state index >= 15 is 0 Å². The minimum Gasteiger partial charge on any atom is -0.478 e. The lowest BCUT2D eigenvalue weighted by Gasteiger charge is -2.18. The number of nitrogens with zero attached hydrogens (tertiary/aromatic N) is 3. The summed E-state index contributed by atoms with van der Waals surface area (Å²) in [6, 6.07) is 0. The molecule has 0 aliphatic rings. The van der Waals surface area contributed by atoms with Crippen molar-refractivity contribution in [1.82, 2.24) is 14.8 Å². The van der Waals surface area contributed by atoms with Crippen LogP contribution in [0.4, 0.5) is 5.69 Å². The van der Waals surface area contributed by atoms with Crippen LogP contribution >= 0.6 is 0 Å². The van der Waals surface area contributed by atoms with E-state index in [2.05, 4.69) is 36.2 Å². The van der Waals surface area contributed by atoms with Crippen LogP contribution in [0, 0.1) is 18.8 Å². The summed E-state index contributed by atoms with van der Waals surface area (Å²) in [4.78, 5) is 15.7. The Morgan fingerprint density at radius 3 is 2.67 bits per heavy atom. The maximum absolute atomic E-state index is 11.5. The minimum atomic E-state index is -0.979. The second-order valence-corrected chi connectivity index (χ2v) is 5.86. The zero-order valence-corrected chi connectivity index (χ0v) is 13.1. The van der Waals surface area contributed by atoms with Gasteiger partial charge in [-0.25, -0.2) is 9.78 Å². The van der Waals surface area contributed by atoms with Gasteiger partial charge < -0.3 is 10.4 Å². The van der Waals surface area contributed by atoms with Crippen LogP contribution in [0.2, 0.25) is 0 Å². The Hall–Kier alpha value is -2.11. The molecule has 2 heterocycles. The first-order valence-electron chi connectivity index (χ1n) is 7.12. The number of pyridine rings is 1. The summed E-state index contributed by atoms with van der Waals surface area (Å²) in [6.07, 6.45) is 1.40. The quantitative estimate of drug-likeness (QED) is 0.885. The van der Waals surface area contributed by atoms with Crippen LogP contribution in [-0.4, -0.2) is 32.4 Å². The summed E-state index contributed by atoms with van der Waals surface area (Å²) in [5.41, 5.74) is 2.28. The molecule has 2 aromatic rings. The van der Waals surface area contributed by atoms with E-state index < -0.39 is 5.97 Å². The van der Waals surface area contributed by atoms with Gasteiger partial charge in [-0.15, -0.1) is 0 Å². The van der Waals surface area contributed by atoms with E-state index in [4.69, 9.17) is 0 Å². The van der Waals surface area contributed by atoms with Crippen molar-refractivity contribution in [3.63, 3.8) is 0 Å². The SMILES string of the molecule is Cc1nn(C)c2ncc(C(=O)O)c(NCC(C)C(C)C)c12. The molecule has 114 valence electrons. The largest absolute Gasteiger partial charge is 0.478 e. The summed E-state index contributed by atoms with van der Waals surface area (Å²) in [5, 5.41) is 17.8. The van der Waals surface area contributed by atoms with Crippen molar-refractivity contribution in [2.75, 3.05) is 11.9 Å². The maximum Gasteiger partial charge on any atom is 0.339 e. The standard InChI is InChI=1S/C15H22N4O2/c1-8(2)9(3)6-16-13-11(15(20)21)7-17-14-12(13)10(4)18-19(14)5/h7-9H,6H2,1-5H3,(H,16,17)(H,20,21). The molecule has 21 heavy (non-hydrogen) atoms. The van der Waals surface area contributed by atoms with E-state index in [0.717, 1.165) is 11.1 Å². The number of aromatic carboxylic acids is 1. The summed E-state index contributed by atoms with van der Waals surface area (Å²) in [5.74, 6) is -0.0164. The minimum absolute atomic E-state index is 0.189. The molecule has 0 amide bonds. The second kappa shape index (κ2) is 5.71. The fourth-order valence-corrected chi connectivity index (χ4v) is 2.26. The molecule has 2 N–H and O–H groups in total. The Morgan fingerprint density at radius 2 is 2.10 bits per heavy atom. The third-order valence-electron chi connectivity index (χ3n) is 4.00. The molecule has 2 aromatic heterocycles. The number of anilines is 1. The molecule has 6 heteroatoms. The van der Waals surface area contributed by atoms with Crippen LogP contribution < -0.4 is 5.32 Å². The van der Waals surface area contributed by atoms with Gasteiger partial charge in [0, 0.05) is 19.8 Å². The smallest absolute Gasteiger partial charge is 0.339 e. The van der Waals surface area contributed by atoms with Gasteiger partial charge in [-0.3, -0.25) is 4.68 Å². The second-order valence-electron chi connectivity index (χ2n) is 5.86. The summed E-state index contributed by atoms with van der Waals surface area (Å²) in [6.45, 7) is 9.04. The zero-order chi connectivity index (χ0) is 15.7. The van der Waals surface area contributed by atoms with Crippen molar-refractivity contribution < 1.29 is 9.90 Å². The lowest BCUT2D eigenvalue weighted by molar-refractivity contribution is 0.0697. The first kappa shape index (κ1) is 15.3. The third-order valence-corrected chi connectivity index (χ3v) is 4.00. The van der Waals surface area contributed by atoms with Crippen molar-refractivity contribution >= 4 is 22.7 Å². The van der Waals surface area contributed by atoms with Crippen LogP contribution in [0.5, 0.6) is 0 Å². The highest BCUT2D eigenvalue weighted by Gasteiger charge is 2.20. The van der Waals surface area contributed by atoms with Gasteiger partial charge >= 0.3 is 5.97 Å². The number of carboxylic acid groups (broad SMARTS) is 1. The fraction of sp³-hybridized carbons (Fsp3) is 0.533. The van der Waals surface area contributed by atoms with Crippen molar-refractivity contribution in [3.05, 3.63) is 17.5 Å². The highest BCUT2D eigenvalue weighted by atomic mass is 16.4. The van der Waals surface area contributed by atoms with Crippen molar-refractivity contribution in [3.8, 4) is 0 Å². The average Bonchev–Trinajstić information content (AvgIpc) is 2.70. The van der Waals surface area contributed by atoms with Crippen LogP contribution in [-0.2, 0) is 7.05 Å². The van der Waals surface area contributed by atoms with E-state index in [1.807, 2.05) is 14.0 Å². The number of carbonyl (C=O) groups is 1. The van der Waals surface area contributed by atoms with Gasteiger partial charge in [-0.2, -0.15) is 5.10 Å². The Bertz CT molecular complexity index is 676. The van der Waals surface area contributed by atoms with E-state index in [-0.39, 0.29) is 5.56 Å². The molecule has 0 saturated carbocycles. The van der Waals surface area contributed by atoms with Crippen LogP contribution in [0.15, 0.2) is 6.20 Å². The summed E-state index contributed by atoms with van der Waals surface area (Å²) < 4.78 is 1.67. The number of rotatable bonds is 5. The van der Waals surface area contributed by atoms with Gasteiger partial charge in [0.25, 0.3) is 0 Å². The maximum atomic E-state index is 11.5. The molecule has 2 rings (SSSR count). The van der Waals surface area contributed by atoms with E-state index in [1.54, 1.807) is 4.68 Å². The van der Waals surface area contributed by atoms with E-state index in [9.17, 15) is 9.90 Å². The number of aryl methyl sites for hydroxylation is 2. The van der Waals surface area contributed by atoms with Gasteiger partial charge in [0.05, 0.1) is 16.8 Å². The molecule has 0 spiro atoms. The lowest BCUT2D eigenvalue weighted by atomic mass is 9.98. The Kier molecular flexibility index (Phi) is 4.16. The summed E-state index contributed by atoms with van der Waals surface area (Å²) in [7, 11) is 1.81. The molecule has 0 radical (unpaired) electrons. The van der Waals surface area contributed by atoms with Crippen molar-refractivity contribution in [2.24, 2.45) is 18.9 Å². The Balaban J connectivity index is 2.51. The Labute approximate surface area is 124 Å². The first-order chi connectivity index (χ1) is 9.82. The molecule has 0 aliphatic carbocycles. The zero-order valence-electron chi connectivity index (χ0n) is 13.1. The predicted molar refractivity (Wildman–Crippen MR) is 82.7 cm³/mol. The first-order valence-corrected chi connectivity index (χ1v) is 7.12. The van der Waals surface area contributed by atoms with Crippen LogP contribution in [0.1, 0.15) is 36.8 Å². The van der Waals surface area contributed by atoms with Gasteiger partial charge in [-0.1, -0.05) is 20.8 Å². The fourth-order valence-electron chi connectivity index (χ4n) is 2.26. The molecule has 0 aliphatic heterocycles. The highest BCUT2D eigenvalue weighted by molar-refractivity contribution is 6.04. The Morgan fingerprint density at radius 1 is 1.43 bits per heavy atom. The summed E-state index contributed by atoms with van der Waals surface area (Å²) >= 11 is 0. The molecule has 0 saturated heterocycles.